The van der Waals surface area contributed by atoms with Crippen molar-refractivity contribution in [2.45, 2.75) is 6.54 Å². The largest absolute Gasteiger partial charge is 0.340 e. The number of likely N-dealkylation sites (N-methyl/N-ethyl adjacent to an activating group) is 1. The number of anilines is 1. The fraction of sp³-hybridized carbons (Fsp3) is 0.368. The van der Waals surface area contributed by atoms with Crippen LogP contribution in [0.2, 0.25) is 5.02 Å². The number of piperazine rings is 1. The molecule has 1 aliphatic heterocycles. The second kappa shape index (κ2) is 7.49. The average Bonchev–Trinajstić information content (AvgIpc) is 3.07. The Kier molecular flexibility index (Phi) is 5.01. The van der Waals surface area contributed by atoms with E-state index in [1.165, 1.54) is 4.57 Å². The zero-order valence-corrected chi connectivity index (χ0v) is 16.9. The van der Waals surface area contributed by atoms with Gasteiger partial charge in [-0.1, -0.05) is 11.6 Å². The van der Waals surface area contributed by atoms with Crippen LogP contribution in [-0.2, 0) is 13.6 Å². The molecule has 10 heteroatoms. The standard InChI is InChI=1S/C19H21ClN6O3/c1-23-7-9-25(10-8-23)18-21-16-15(17(28)22-19(29)24(16)2)26(18)11-14(27)12-3-5-13(20)6-4-12/h3-6H,7-11H2,1-2H3,(H,22,28,29). The van der Waals surface area contributed by atoms with Crippen molar-refractivity contribution in [1.82, 2.24) is 24.0 Å². The van der Waals surface area contributed by atoms with Gasteiger partial charge >= 0.3 is 5.69 Å². The number of carbonyl (C=O) groups excluding carboxylic acids is 1. The Morgan fingerprint density at radius 1 is 1.10 bits per heavy atom. The third-order valence-corrected chi connectivity index (χ3v) is 5.49. The summed E-state index contributed by atoms with van der Waals surface area (Å²) in [4.78, 5) is 48.7. The second-order valence-corrected chi connectivity index (χ2v) is 7.65. The molecule has 29 heavy (non-hydrogen) atoms. The van der Waals surface area contributed by atoms with Crippen molar-refractivity contribution >= 4 is 34.5 Å². The van der Waals surface area contributed by atoms with Gasteiger partial charge < -0.3 is 9.80 Å². The maximum absolute atomic E-state index is 12.9. The van der Waals surface area contributed by atoms with Gasteiger partial charge in [0, 0.05) is 43.8 Å². The van der Waals surface area contributed by atoms with Crippen LogP contribution in [0.3, 0.4) is 0 Å². The summed E-state index contributed by atoms with van der Waals surface area (Å²) in [5, 5.41) is 0.541. The van der Waals surface area contributed by atoms with E-state index in [2.05, 4.69) is 14.9 Å². The monoisotopic (exact) mass is 416 g/mol. The first kappa shape index (κ1) is 19.4. The molecule has 0 saturated carbocycles. The van der Waals surface area contributed by atoms with Crippen LogP contribution in [-0.4, -0.2) is 63.0 Å². The fourth-order valence-corrected chi connectivity index (χ4v) is 3.62. The maximum atomic E-state index is 12.9. The highest BCUT2D eigenvalue weighted by atomic mass is 35.5. The van der Waals surface area contributed by atoms with Crippen LogP contribution in [0.15, 0.2) is 33.9 Å². The number of Topliss-reactive ketones (excluding diaryl/α,β-unsaturated/α-hetero) is 1. The number of aromatic amines is 1. The molecule has 0 radical (unpaired) electrons. The Morgan fingerprint density at radius 2 is 1.76 bits per heavy atom. The Bertz CT molecular complexity index is 1190. The van der Waals surface area contributed by atoms with E-state index in [1.54, 1.807) is 35.9 Å². The summed E-state index contributed by atoms with van der Waals surface area (Å²) in [6.45, 7) is 3.02. The van der Waals surface area contributed by atoms with Gasteiger partial charge in [0.25, 0.3) is 5.56 Å². The normalized spacial score (nSPS) is 15.2. The van der Waals surface area contributed by atoms with Crippen molar-refractivity contribution in [1.29, 1.82) is 0 Å². The molecule has 0 amide bonds. The highest BCUT2D eigenvalue weighted by Gasteiger charge is 2.25. The van der Waals surface area contributed by atoms with Crippen LogP contribution in [0, 0.1) is 0 Å². The SMILES string of the molecule is CN1CCN(c2nc3c(c(=O)[nH]c(=O)n3C)n2CC(=O)c2ccc(Cl)cc2)CC1. The summed E-state index contributed by atoms with van der Waals surface area (Å²) in [7, 11) is 3.59. The van der Waals surface area contributed by atoms with Crippen LogP contribution in [0.5, 0.6) is 0 Å². The number of aromatic nitrogens is 4. The number of hydrogen-bond acceptors (Lipinski definition) is 6. The van der Waals surface area contributed by atoms with Gasteiger partial charge in [-0.15, -0.1) is 0 Å². The van der Waals surface area contributed by atoms with E-state index >= 15 is 0 Å². The molecule has 0 spiro atoms. The van der Waals surface area contributed by atoms with Crippen LogP contribution >= 0.6 is 11.6 Å². The first-order chi connectivity index (χ1) is 13.8. The third kappa shape index (κ3) is 3.58. The highest BCUT2D eigenvalue weighted by Crippen LogP contribution is 2.22. The molecule has 1 fully saturated rings. The quantitative estimate of drug-likeness (QED) is 0.629. The van der Waals surface area contributed by atoms with Crippen molar-refractivity contribution in [2.24, 2.45) is 7.05 Å². The van der Waals surface area contributed by atoms with Gasteiger partial charge in [-0.25, -0.2) is 4.79 Å². The molecule has 9 nitrogen and oxygen atoms in total. The van der Waals surface area contributed by atoms with E-state index in [-0.39, 0.29) is 23.5 Å². The summed E-state index contributed by atoms with van der Waals surface area (Å²) >= 11 is 5.91. The molecule has 4 rings (SSSR count). The summed E-state index contributed by atoms with van der Waals surface area (Å²) in [5.74, 6) is 0.340. The zero-order valence-electron chi connectivity index (χ0n) is 16.2. The third-order valence-electron chi connectivity index (χ3n) is 5.24. The van der Waals surface area contributed by atoms with Crippen LogP contribution in [0.4, 0.5) is 5.95 Å². The molecule has 0 atom stereocenters. The van der Waals surface area contributed by atoms with E-state index in [9.17, 15) is 14.4 Å². The molecule has 0 bridgehead atoms. The van der Waals surface area contributed by atoms with Crippen molar-refractivity contribution < 1.29 is 4.79 Å². The summed E-state index contributed by atoms with van der Waals surface area (Å²) < 4.78 is 2.90. The van der Waals surface area contributed by atoms with Gasteiger partial charge in [-0.05, 0) is 31.3 Å². The van der Waals surface area contributed by atoms with Gasteiger partial charge in [0.15, 0.2) is 16.9 Å². The number of nitrogens with zero attached hydrogens (tertiary/aromatic N) is 5. The summed E-state index contributed by atoms with van der Waals surface area (Å²) in [6, 6.07) is 6.61. The minimum absolute atomic E-state index is 0.0684. The van der Waals surface area contributed by atoms with Gasteiger partial charge in [0.1, 0.15) is 0 Å². The minimum Gasteiger partial charge on any atom is -0.340 e. The molecule has 1 N–H and O–H groups in total. The number of hydrogen-bond donors (Lipinski definition) is 1. The molecular weight excluding hydrogens is 396 g/mol. The van der Waals surface area contributed by atoms with Crippen molar-refractivity contribution in [2.75, 3.05) is 38.1 Å². The summed E-state index contributed by atoms with van der Waals surface area (Å²) in [5.41, 5.74) is -0.136. The number of aryl methyl sites for hydroxylation is 1. The van der Waals surface area contributed by atoms with E-state index in [1.807, 2.05) is 11.9 Å². The molecule has 0 unspecified atom stereocenters. The molecule has 3 heterocycles. The van der Waals surface area contributed by atoms with Crippen LogP contribution < -0.4 is 16.1 Å². The number of imidazole rings is 1. The minimum atomic E-state index is -0.556. The molecule has 1 aliphatic rings. The zero-order chi connectivity index (χ0) is 20.7. The molecular formula is C19H21ClN6O3. The van der Waals surface area contributed by atoms with Gasteiger partial charge in [0.05, 0.1) is 6.54 Å². The number of ketones is 1. The number of benzene rings is 1. The number of H-pyrrole nitrogens is 1. The lowest BCUT2D eigenvalue weighted by Crippen LogP contribution is -2.45. The Morgan fingerprint density at radius 3 is 2.41 bits per heavy atom. The Labute approximate surface area is 171 Å². The molecule has 1 saturated heterocycles. The average molecular weight is 417 g/mol. The van der Waals surface area contributed by atoms with Gasteiger partial charge in [-0.2, -0.15) is 4.98 Å². The lowest BCUT2D eigenvalue weighted by atomic mass is 10.1. The molecule has 2 aromatic heterocycles. The molecule has 1 aromatic carbocycles. The van der Waals surface area contributed by atoms with Crippen molar-refractivity contribution in [3.05, 3.63) is 55.7 Å². The maximum Gasteiger partial charge on any atom is 0.329 e. The predicted octanol–water partition coefficient (Wildman–Crippen LogP) is 0.711. The lowest BCUT2D eigenvalue weighted by Gasteiger charge is -2.33. The topological polar surface area (TPSA) is 96.2 Å². The first-order valence-electron chi connectivity index (χ1n) is 9.27. The molecule has 3 aromatic rings. The Hall–Kier alpha value is -2.91. The van der Waals surface area contributed by atoms with Crippen molar-refractivity contribution in [3.63, 3.8) is 0 Å². The predicted molar refractivity (Wildman–Crippen MR) is 111 cm³/mol. The van der Waals surface area contributed by atoms with Crippen LogP contribution in [0.1, 0.15) is 10.4 Å². The smallest absolute Gasteiger partial charge is 0.329 e. The fourth-order valence-electron chi connectivity index (χ4n) is 3.49. The molecule has 152 valence electrons. The number of nitrogens with one attached hydrogen (secondary N) is 1. The number of rotatable bonds is 4. The van der Waals surface area contributed by atoms with Gasteiger partial charge in [-0.3, -0.25) is 23.7 Å². The van der Waals surface area contributed by atoms with E-state index in [0.717, 1.165) is 13.1 Å². The van der Waals surface area contributed by atoms with E-state index < -0.39 is 11.2 Å². The lowest BCUT2D eigenvalue weighted by molar-refractivity contribution is 0.0973. The second-order valence-electron chi connectivity index (χ2n) is 7.21. The van der Waals surface area contributed by atoms with Crippen molar-refractivity contribution in [3.8, 4) is 0 Å². The number of fused-ring (bicyclic) bond motifs is 1. The molecule has 0 aliphatic carbocycles. The summed E-state index contributed by atoms with van der Waals surface area (Å²) in [6.07, 6.45) is 0. The highest BCUT2D eigenvalue weighted by molar-refractivity contribution is 6.30. The van der Waals surface area contributed by atoms with E-state index in [0.29, 0.717) is 29.6 Å². The van der Waals surface area contributed by atoms with Crippen LogP contribution in [0.25, 0.3) is 11.2 Å². The number of halogens is 1. The Balaban J connectivity index is 1.83. The van der Waals surface area contributed by atoms with E-state index in [4.69, 9.17) is 11.6 Å². The first-order valence-corrected chi connectivity index (χ1v) is 9.65. The van der Waals surface area contributed by atoms with Gasteiger partial charge in [0.2, 0.25) is 5.95 Å². The number of carbonyl (C=O) groups is 1.